The van der Waals surface area contributed by atoms with E-state index >= 15 is 0 Å². The first-order valence-electron chi connectivity index (χ1n) is 8.75. The molecule has 2 aromatic rings. The van der Waals surface area contributed by atoms with Crippen molar-refractivity contribution in [2.24, 2.45) is 0 Å². The molecule has 0 aliphatic rings. The number of benzene rings is 1. The number of carbonyl (C=O) groups excluding carboxylic acids is 1. The van der Waals surface area contributed by atoms with Crippen LogP contribution in [0.2, 0.25) is 0 Å². The molecule has 0 bridgehead atoms. The topological polar surface area (TPSA) is 139 Å². The Morgan fingerprint density at radius 2 is 2.21 bits per heavy atom. The first kappa shape index (κ1) is 21.8. The van der Waals surface area contributed by atoms with Gasteiger partial charge in [-0.05, 0) is 18.2 Å². The molecule has 1 atom stereocenters. The van der Waals surface area contributed by atoms with Gasteiger partial charge in [0.2, 0.25) is 5.91 Å². The van der Waals surface area contributed by atoms with Crippen LogP contribution in [0.1, 0.15) is 0 Å². The molecular formula is C17H24N4O6S. The largest absolute Gasteiger partial charge is 0.490 e. The zero-order chi connectivity index (χ0) is 20.2. The molecule has 0 aliphatic heterocycles. The summed E-state index contributed by atoms with van der Waals surface area (Å²) in [5.41, 5.74) is 0.976. The van der Waals surface area contributed by atoms with Crippen LogP contribution in [-0.4, -0.2) is 71.5 Å². The highest BCUT2D eigenvalue weighted by Gasteiger charge is 2.08. The highest BCUT2D eigenvalue weighted by Crippen LogP contribution is 2.24. The fourth-order valence-electron chi connectivity index (χ4n) is 2.37. The van der Waals surface area contributed by atoms with Gasteiger partial charge in [0.05, 0.1) is 5.75 Å². The summed E-state index contributed by atoms with van der Waals surface area (Å²) in [5, 5.41) is 25.8. The second kappa shape index (κ2) is 12.1. The third-order valence-electron chi connectivity index (χ3n) is 3.65. The molecule has 2 rings (SSSR count). The summed E-state index contributed by atoms with van der Waals surface area (Å²) >= 11 is 1.26. The molecular weight excluding hydrogens is 388 g/mol. The van der Waals surface area contributed by atoms with Gasteiger partial charge in [0.15, 0.2) is 0 Å². The van der Waals surface area contributed by atoms with Gasteiger partial charge in [-0.15, -0.1) is 10.1 Å². The molecule has 1 aromatic heterocycles. The second-order valence-corrected chi connectivity index (χ2v) is 6.93. The van der Waals surface area contributed by atoms with Gasteiger partial charge in [0.25, 0.3) is 5.09 Å². The molecule has 4 N–H and O–H groups in total. The first-order chi connectivity index (χ1) is 13.6. The van der Waals surface area contributed by atoms with E-state index in [-0.39, 0.29) is 24.9 Å². The molecule has 10 nitrogen and oxygen atoms in total. The number of aliphatic hydroxyl groups is 1. The lowest BCUT2D eigenvalue weighted by Gasteiger charge is -2.14. The molecule has 1 amide bonds. The van der Waals surface area contributed by atoms with Crippen molar-refractivity contribution in [3.8, 4) is 5.75 Å². The van der Waals surface area contributed by atoms with Gasteiger partial charge in [-0.2, -0.15) is 11.8 Å². The van der Waals surface area contributed by atoms with E-state index in [1.165, 1.54) is 11.8 Å². The van der Waals surface area contributed by atoms with Crippen molar-refractivity contribution < 1.29 is 24.6 Å². The number of aromatic nitrogens is 1. The van der Waals surface area contributed by atoms with Crippen LogP contribution < -0.4 is 15.4 Å². The fraction of sp³-hybridized carbons (Fsp3) is 0.471. The Morgan fingerprint density at radius 1 is 1.36 bits per heavy atom. The zero-order valence-corrected chi connectivity index (χ0v) is 16.1. The Labute approximate surface area is 166 Å². The maximum Gasteiger partial charge on any atom is 0.294 e. The number of aromatic amines is 1. The van der Waals surface area contributed by atoms with E-state index in [2.05, 4.69) is 20.5 Å². The third kappa shape index (κ3) is 8.03. The molecule has 0 saturated heterocycles. The van der Waals surface area contributed by atoms with Crippen LogP contribution in [0.25, 0.3) is 10.9 Å². The van der Waals surface area contributed by atoms with Crippen LogP contribution in [0.15, 0.2) is 30.5 Å². The standard InChI is InChI=1S/C17H24N4O6S/c22-13(11-26-16-3-1-2-15-14(16)4-5-19-15)10-18-6-7-20-17(23)12-28-9-8-27-21(24)25/h1-5,13,18-19,22H,6-12H2,(H,20,23). The lowest BCUT2D eigenvalue weighted by molar-refractivity contribution is -0.756. The predicted octanol–water partition coefficient (Wildman–Crippen LogP) is 0.555. The Bertz CT molecular complexity index is 756. The molecule has 0 fully saturated rings. The van der Waals surface area contributed by atoms with Crippen molar-refractivity contribution in [3.05, 3.63) is 40.6 Å². The number of ether oxygens (including phenoxy) is 1. The smallest absolute Gasteiger partial charge is 0.294 e. The van der Waals surface area contributed by atoms with Gasteiger partial charge in [0.1, 0.15) is 25.1 Å². The van der Waals surface area contributed by atoms with Gasteiger partial charge in [-0.25, -0.2) is 0 Å². The van der Waals surface area contributed by atoms with Gasteiger partial charge >= 0.3 is 0 Å². The van der Waals surface area contributed by atoms with Gasteiger partial charge in [0, 0.05) is 42.5 Å². The van der Waals surface area contributed by atoms with Crippen molar-refractivity contribution in [1.29, 1.82) is 0 Å². The van der Waals surface area contributed by atoms with E-state index in [1.807, 2.05) is 30.5 Å². The predicted molar refractivity (Wildman–Crippen MR) is 106 cm³/mol. The minimum atomic E-state index is -0.855. The molecule has 1 unspecified atom stereocenters. The Hall–Kier alpha value is -2.50. The van der Waals surface area contributed by atoms with Crippen molar-refractivity contribution in [1.82, 2.24) is 15.6 Å². The van der Waals surface area contributed by atoms with Crippen LogP contribution >= 0.6 is 11.8 Å². The summed E-state index contributed by atoms with van der Waals surface area (Å²) in [7, 11) is 0. The SMILES string of the molecule is O=C(CSCCO[N+](=O)[O-])NCCNCC(O)COc1cccc2[nH]ccc12. The highest BCUT2D eigenvalue weighted by atomic mass is 32.2. The van der Waals surface area contributed by atoms with E-state index in [0.29, 0.717) is 31.1 Å². The molecule has 0 spiro atoms. The second-order valence-electron chi connectivity index (χ2n) is 5.82. The molecule has 28 heavy (non-hydrogen) atoms. The number of hydrogen-bond acceptors (Lipinski definition) is 8. The van der Waals surface area contributed by atoms with Crippen LogP contribution in [0.4, 0.5) is 0 Å². The van der Waals surface area contributed by atoms with Crippen molar-refractivity contribution >= 4 is 28.6 Å². The molecule has 1 aromatic carbocycles. The van der Waals surface area contributed by atoms with Crippen LogP contribution in [0, 0.1) is 10.1 Å². The molecule has 0 radical (unpaired) electrons. The lowest BCUT2D eigenvalue weighted by atomic mass is 10.2. The van der Waals surface area contributed by atoms with Crippen LogP contribution in [0.3, 0.4) is 0 Å². The van der Waals surface area contributed by atoms with E-state index in [4.69, 9.17) is 4.74 Å². The molecule has 1 heterocycles. The van der Waals surface area contributed by atoms with E-state index in [0.717, 1.165) is 10.9 Å². The Morgan fingerprint density at radius 3 is 3.04 bits per heavy atom. The fourth-order valence-corrected chi connectivity index (χ4v) is 3.00. The number of amides is 1. The van der Waals surface area contributed by atoms with Gasteiger partial charge in [-0.3, -0.25) is 4.79 Å². The van der Waals surface area contributed by atoms with Crippen LogP contribution in [-0.2, 0) is 9.63 Å². The Kier molecular flexibility index (Phi) is 9.39. The lowest BCUT2D eigenvalue weighted by Crippen LogP contribution is -2.37. The summed E-state index contributed by atoms with van der Waals surface area (Å²) in [6.07, 6.45) is 1.16. The normalized spacial score (nSPS) is 11.9. The van der Waals surface area contributed by atoms with Crippen molar-refractivity contribution in [3.63, 3.8) is 0 Å². The number of H-pyrrole nitrogens is 1. The van der Waals surface area contributed by atoms with Gasteiger partial charge < -0.3 is 30.3 Å². The first-order valence-corrected chi connectivity index (χ1v) is 9.91. The summed E-state index contributed by atoms with van der Waals surface area (Å²) in [4.78, 5) is 28.8. The summed E-state index contributed by atoms with van der Waals surface area (Å²) in [5.74, 6) is 1.14. The third-order valence-corrected chi connectivity index (χ3v) is 4.57. The number of nitrogens with one attached hydrogen (secondary N) is 3. The van der Waals surface area contributed by atoms with E-state index in [1.54, 1.807) is 0 Å². The number of rotatable bonds is 14. The number of nitrogens with zero attached hydrogens (tertiary/aromatic N) is 1. The number of thioether (sulfide) groups is 1. The minimum absolute atomic E-state index is 0.0367. The summed E-state index contributed by atoms with van der Waals surface area (Å²) in [6.45, 7) is 1.38. The molecule has 154 valence electrons. The van der Waals surface area contributed by atoms with Crippen LogP contribution in [0.5, 0.6) is 5.75 Å². The van der Waals surface area contributed by atoms with Crippen molar-refractivity contribution in [2.45, 2.75) is 6.10 Å². The molecule has 0 saturated carbocycles. The monoisotopic (exact) mass is 412 g/mol. The Balaban J connectivity index is 1.49. The quantitative estimate of drug-likeness (QED) is 0.200. The summed E-state index contributed by atoms with van der Waals surface area (Å²) < 4.78 is 5.68. The maximum absolute atomic E-state index is 11.6. The number of aliphatic hydroxyl groups excluding tert-OH is 1. The van der Waals surface area contributed by atoms with E-state index in [9.17, 15) is 20.0 Å². The average molecular weight is 412 g/mol. The molecule has 11 heteroatoms. The minimum Gasteiger partial charge on any atom is -0.490 e. The zero-order valence-electron chi connectivity index (χ0n) is 15.3. The highest BCUT2D eigenvalue weighted by molar-refractivity contribution is 7.99. The van der Waals surface area contributed by atoms with Crippen molar-refractivity contribution in [2.75, 3.05) is 44.4 Å². The molecule has 0 aliphatic carbocycles. The maximum atomic E-state index is 11.6. The summed E-state index contributed by atoms with van der Waals surface area (Å²) in [6, 6.07) is 7.61. The number of fused-ring (bicyclic) bond motifs is 1. The average Bonchev–Trinajstić information content (AvgIpc) is 3.15. The van der Waals surface area contributed by atoms with Gasteiger partial charge in [-0.1, -0.05) is 6.07 Å². The van der Waals surface area contributed by atoms with E-state index < -0.39 is 11.2 Å². The number of hydrogen-bond donors (Lipinski definition) is 4. The number of carbonyl (C=O) groups is 1.